The molecular weight excluding hydrogens is 312 g/mol. The number of ether oxygens (including phenoxy) is 1. The number of amides is 1. The van der Waals surface area contributed by atoms with Gasteiger partial charge >= 0.3 is 0 Å². The van der Waals surface area contributed by atoms with E-state index < -0.39 is 0 Å². The molecule has 1 aliphatic heterocycles. The largest absolute Gasteiger partial charge is 0.376 e. The Hall–Kier alpha value is -1.99. The first-order valence-electron chi connectivity index (χ1n) is 7.73. The normalized spacial score (nSPS) is 17.2. The topological polar surface area (TPSA) is 76.1 Å². The van der Waals surface area contributed by atoms with Gasteiger partial charge in [-0.15, -0.1) is 0 Å². The quantitative estimate of drug-likeness (QED) is 0.849. The van der Waals surface area contributed by atoms with E-state index in [9.17, 15) is 4.79 Å². The summed E-state index contributed by atoms with van der Waals surface area (Å²) in [5.41, 5.74) is 1.57. The molecule has 2 aromatic heterocycles. The maximum absolute atomic E-state index is 12.3. The number of anilines is 1. The van der Waals surface area contributed by atoms with Crippen molar-refractivity contribution < 1.29 is 9.53 Å². The molecule has 1 aliphatic rings. The second-order valence-electron chi connectivity index (χ2n) is 5.45. The van der Waals surface area contributed by atoms with Crippen LogP contribution in [-0.2, 0) is 11.3 Å². The molecule has 23 heavy (non-hydrogen) atoms. The van der Waals surface area contributed by atoms with Crippen molar-refractivity contribution >= 4 is 22.4 Å². The van der Waals surface area contributed by atoms with E-state index in [2.05, 4.69) is 20.6 Å². The number of rotatable bonds is 6. The number of carbonyl (C=O) groups is 1. The van der Waals surface area contributed by atoms with Gasteiger partial charge in [-0.3, -0.25) is 9.78 Å². The van der Waals surface area contributed by atoms with Crippen LogP contribution in [0.15, 0.2) is 24.4 Å². The second kappa shape index (κ2) is 7.52. The van der Waals surface area contributed by atoms with E-state index in [1.807, 2.05) is 25.1 Å². The number of nitrogens with zero attached hydrogens (tertiary/aromatic N) is 2. The third kappa shape index (κ3) is 4.27. The highest BCUT2D eigenvalue weighted by Crippen LogP contribution is 2.23. The number of nitrogens with one attached hydrogen (secondary N) is 2. The number of aryl methyl sites for hydroxylation is 1. The SMILES string of the molecule is Cc1nc(NC[C@H]2CCCO2)sc1C(=O)NCc1ccccn1. The Bertz CT molecular complexity index is 653. The maximum Gasteiger partial charge on any atom is 0.263 e. The molecule has 1 amide bonds. The molecule has 7 heteroatoms. The van der Waals surface area contributed by atoms with E-state index >= 15 is 0 Å². The van der Waals surface area contributed by atoms with Gasteiger partial charge in [-0.25, -0.2) is 4.98 Å². The Balaban J connectivity index is 1.55. The lowest BCUT2D eigenvalue weighted by atomic mass is 10.2. The van der Waals surface area contributed by atoms with Gasteiger partial charge in [0.15, 0.2) is 5.13 Å². The Labute approximate surface area is 139 Å². The van der Waals surface area contributed by atoms with Crippen LogP contribution in [-0.4, -0.2) is 35.1 Å². The summed E-state index contributed by atoms with van der Waals surface area (Å²) in [6, 6.07) is 5.64. The average Bonchev–Trinajstić information content (AvgIpc) is 3.21. The van der Waals surface area contributed by atoms with Crippen molar-refractivity contribution in [3.8, 4) is 0 Å². The van der Waals surface area contributed by atoms with Crippen LogP contribution in [0.25, 0.3) is 0 Å². The van der Waals surface area contributed by atoms with Crippen LogP contribution >= 0.6 is 11.3 Å². The fourth-order valence-corrected chi connectivity index (χ4v) is 3.33. The van der Waals surface area contributed by atoms with Gasteiger partial charge in [0.2, 0.25) is 0 Å². The van der Waals surface area contributed by atoms with E-state index in [0.29, 0.717) is 11.4 Å². The minimum atomic E-state index is -0.115. The minimum absolute atomic E-state index is 0.115. The van der Waals surface area contributed by atoms with Crippen LogP contribution in [0.4, 0.5) is 5.13 Å². The molecule has 0 aromatic carbocycles. The van der Waals surface area contributed by atoms with Crippen molar-refractivity contribution in [2.24, 2.45) is 0 Å². The number of carbonyl (C=O) groups excluding carboxylic acids is 1. The molecule has 122 valence electrons. The third-order valence-electron chi connectivity index (χ3n) is 3.66. The summed E-state index contributed by atoms with van der Waals surface area (Å²) in [7, 11) is 0. The fourth-order valence-electron chi connectivity index (χ4n) is 2.44. The lowest BCUT2D eigenvalue weighted by Gasteiger charge is -2.09. The molecule has 0 unspecified atom stereocenters. The molecule has 0 bridgehead atoms. The van der Waals surface area contributed by atoms with E-state index in [1.54, 1.807) is 6.20 Å². The first-order chi connectivity index (χ1) is 11.2. The second-order valence-corrected chi connectivity index (χ2v) is 6.45. The highest BCUT2D eigenvalue weighted by Gasteiger charge is 2.18. The number of aromatic nitrogens is 2. The van der Waals surface area contributed by atoms with Gasteiger partial charge in [-0.2, -0.15) is 0 Å². The predicted octanol–water partition coefficient (Wildman–Crippen LogP) is 2.37. The first kappa shape index (κ1) is 15.9. The van der Waals surface area contributed by atoms with Gasteiger partial charge < -0.3 is 15.4 Å². The maximum atomic E-state index is 12.3. The summed E-state index contributed by atoms with van der Waals surface area (Å²) < 4.78 is 5.57. The molecule has 1 saturated heterocycles. The summed E-state index contributed by atoms with van der Waals surface area (Å²) in [6.45, 7) is 3.84. The molecular formula is C16H20N4O2S. The van der Waals surface area contributed by atoms with Crippen LogP contribution in [0.2, 0.25) is 0 Å². The summed E-state index contributed by atoms with van der Waals surface area (Å²) in [5.74, 6) is -0.115. The van der Waals surface area contributed by atoms with E-state index in [4.69, 9.17) is 4.74 Å². The van der Waals surface area contributed by atoms with Crippen molar-refractivity contribution in [3.05, 3.63) is 40.7 Å². The molecule has 6 nitrogen and oxygen atoms in total. The van der Waals surface area contributed by atoms with E-state index in [-0.39, 0.29) is 12.0 Å². The van der Waals surface area contributed by atoms with E-state index in [1.165, 1.54) is 11.3 Å². The Morgan fingerprint density at radius 1 is 1.48 bits per heavy atom. The van der Waals surface area contributed by atoms with Gasteiger partial charge in [0.05, 0.1) is 24.0 Å². The number of hydrogen-bond donors (Lipinski definition) is 2. The van der Waals surface area contributed by atoms with Gasteiger partial charge in [-0.05, 0) is 31.9 Å². The van der Waals surface area contributed by atoms with Crippen molar-refractivity contribution in [2.45, 2.75) is 32.4 Å². The molecule has 1 atom stereocenters. The Morgan fingerprint density at radius 2 is 2.39 bits per heavy atom. The van der Waals surface area contributed by atoms with Crippen molar-refractivity contribution in [3.63, 3.8) is 0 Å². The zero-order valence-electron chi connectivity index (χ0n) is 13.0. The smallest absolute Gasteiger partial charge is 0.263 e. The fraction of sp³-hybridized carbons (Fsp3) is 0.438. The molecule has 0 aliphatic carbocycles. The predicted molar refractivity (Wildman–Crippen MR) is 89.7 cm³/mol. The van der Waals surface area contributed by atoms with Crippen molar-refractivity contribution in [1.29, 1.82) is 0 Å². The monoisotopic (exact) mass is 332 g/mol. The summed E-state index contributed by atoms with van der Waals surface area (Å²) in [4.78, 5) is 21.5. The molecule has 0 spiro atoms. The number of pyridine rings is 1. The lowest BCUT2D eigenvalue weighted by molar-refractivity contribution is 0.0953. The van der Waals surface area contributed by atoms with Gasteiger partial charge in [-0.1, -0.05) is 17.4 Å². The van der Waals surface area contributed by atoms with Gasteiger partial charge in [0.1, 0.15) is 4.88 Å². The van der Waals surface area contributed by atoms with Crippen LogP contribution in [0, 0.1) is 6.92 Å². The highest BCUT2D eigenvalue weighted by molar-refractivity contribution is 7.17. The van der Waals surface area contributed by atoms with Crippen molar-refractivity contribution in [2.75, 3.05) is 18.5 Å². The molecule has 0 saturated carbocycles. The first-order valence-corrected chi connectivity index (χ1v) is 8.55. The van der Waals surface area contributed by atoms with Gasteiger partial charge in [0, 0.05) is 19.3 Å². The molecule has 0 radical (unpaired) electrons. The molecule has 3 rings (SSSR count). The standard InChI is InChI=1S/C16H20N4O2S/c1-11-14(15(21)18-9-12-5-2-3-7-17-12)23-16(20-11)19-10-13-6-4-8-22-13/h2-3,5,7,13H,4,6,8-10H2,1H3,(H,18,21)(H,19,20)/t13-/m1/s1. The summed E-state index contributed by atoms with van der Waals surface area (Å²) >= 11 is 1.38. The minimum Gasteiger partial charge on any atom is -0.376 e. The molecule has 2 aromatic rings. The van der Waals surface area contributed by atoms with E-state index in [0.717, 1.165) is 42.5 Å². The molecule has 2 N–H and O–H groups in total. The zero-order chi connectivity index (χ0) is 16.1. The summed E-state index contributed by atoms with van der Waals surface area (Å²) in [6.07, 6.45) is 4.16. The molecule has 1 fully saturated rings. The Kier molecular flexibility index (Phi) is 5.19. The number of hydrogen-bond acceptors (Lipinski definition) is 6. The van der Waals surface area contributed by atoms with Crippen LogP contribution in [0.3, 0.4) is 0 Å². The van der Waals surface area contributed by atoms with Gasteiger partial charge in [0.25, 0.3) is 5.91 Å². The average molecular weight is 332 g/mol. The van der Waals surface area contributed by atoms with Crippen LogP contribution in [0.1, 0.15) is 33.9 Å². The van der Waals surface area contributed by atoms with Crippen molar-refractivity contribution in [1.82, 2.24) is 15.3 Å². The van der Waals surface area contributed by atoms with Crippen LogP contribution < -0.4 is 10.6 Å². The summed E-state index contributed by atoms with van der Waals surface area (Å²) in [5, 5.41) is 6.91. The lowest BCUT2D eigenvalue weighted by Crippen LogP contribution is -2.23. The highest BCUT2D eigenvalue weighted by atomic mass is 32.1. The van der Waals surface area contributed by atoms with Crippen LogP contribution in [0.5, 0.6) is 0 Å². The molecule has 3 heterocycles. The zero-order valence-corrected chi connectivity index (χ0v) is 13.9. The third-order valence-corrected chi connectivity index (χ3v) is 4.78. The number of thiazole rings is 1. The Morgan fingerprint density at radius 3 is 3.13 bits per heavy atom.